The van der Waals surface area contributed by atoms with Gasteiger partial charge in [0.1, 0.15) is 0 Å². The van der Waals surface area contributed by atoms with Crippen molar-refractivity contribution in [2.24, 2.45) is 18.4 Å². The zero-order chi connectivity index (χ0) is 14.3. The fraction of sp³-hybridized carbons (Fsp3) is 0.867. The molecule has 1 N–H and O–H groups in total. The molecule has 1 aliphatic carbocycles. The van der Waals surface area contributed by atoms with Gasteiger partial charge in [0.15, 0.2) is 0 Å². The highest BCUT2D eigenvalue weighted by Gasteiger charge is 2.40. The minimum atomic E-state index is 0.281. The lowest BCUT2D eigenvalue weighted by Crippen LogP contribution is -2.60. The molecule has 1 aromatic heterocycles. The van der Waals surface area contributed by atoms with Gasteiger partial charge in [-0.15, -0.1) is 5.10 Å². The van der Waals surface area contributed by atoms with Crippen molar-refractivity contribution in [1.29, 1.82) is 0 Å². The Morgan fingerprint density at radius 2 is 2.10 bits per heavy atom. The normalized spacial score (nSPS) is 28.8. The maximum atomic E-state index is 4.26. The van der Waals surface area contributed by atoms with Crippen molar-refractivity contribution in [3.8, 4) is 0 Å². The fourth-order valence-electron chi connectivity index (χ4n) is 3.36. The van der Waals surface area contributed by atoms with Gasteiger partial charge in [-0.05, 0) is 24.2 Å². The molecule has 0 spiro atoms. The maximum absolute atomic E-state index is 4.26. The van der Waals surface area contributed by atoms with Crippen LogP contribution >= 0.6 is 0 Å². The molecule has 0 bridgehead atoms. The summed E-state index contributed by atoms with van der Waals surface area (Å²) >= 11 is 0. The molecule has 2 heterocycles. The first-order chi connectivity index (χ1) is 9.43. The summed E-state index contributed by atoms with van der Waals surface area (Å²) in [4.78, 5) is 2.61. The molecule has 1 saturated carbocycles. The lowest BCUT2D eigenvalue weighted by Gasteiger charge is -2.46. The largest absolute Gasteiger partial charge is 0.311 e. The number of nitrogens with zero attached hydrogens (tertiary/aromatic N) is 4. The molecule has 0 amide bonds. The summed E-state index contributed by atoms with van der Waals surface area (Å²) in [7, 11) is 1.93. The predicted molar refractivity (Wildman–Crippen MR) is 79.2 cm³/mol. The molecule has 5 heteroatoms. The molecule has 0 aromatic carbocycles. The number of piperazine rings is 1. The first kappa shape index (κ1) is 14.0. The number of nitrogens with one attached hydrogen (secondary N) is 1. The van der Waals surface area contributed by atoms with Crippen LogP contribution in [0.2, 0.25) is 0 Å². The van der Waals surface area contributed by atoms with Gasteiger partial charge in [-0.1, -0.05) is 26.0 Å². The van der Waals surface area contributed by atoms with Crippen molar-refractivity contribution in [3.05, 3.63) is 11.9 Å². The Labute approximate surface area is 121 Å². The predicted octanol–water partition coefficient (Wildman–Crippen LogP) is 1.41. The summed E-state index contributed by atoms with van der Waals surface area (Å²) < 4.78 is 1.79. The number of aromatic nitrogens is 3. The van der Waals surface area contributed by atoms with Crippen LogP contribution in [0.4, 0.5) is 0 Å². The topological polar surface area (TPSA) is 46.0 Å². The van der Waals surface area contributed by atoms with Crippen molar-refractivity contribution in [2.45, 2.75) is 52.2 Å². The van der Waals surface area contributed by atoms with Crippen LogP contribution < -0.4 is 5.32 Å². The zero-order valence-electron chi connectivity index (χ0n) is 13.1. The van der Waals surface area contributed by atoms with E-state index in [1.165, 1.54) is 12.8 Å². The van der Waals surface area contributed by atoms with Gasteiger partial charge in [0.2, 0.25) is 0 Å². The van der Waals surface area contributed by atoms with E-state index >= 15 is 0 Å². The molecule has 112 valence electrons. The van der Waals surface area contributed by atoms with E-state index in [9.17, 15) is 0 Å². The van der Waals surface area contributed by atoms with E-state index in [2.05, 4.69) is 41.3 Å². The lowest BCUT2D eigenvalue weighted by molar-refractivity contribution is 0.0440. The Morgan fingerprint density at radius 3 is 2.65 bits per heavy atom. The van der Waals surface area contributed by atoms with Crippen molar-refractivity contribution in [1.82, 2.24) is 25.2 Å². The van der Waals surface area contributed by atoms with Gasteiger partial charge in [-0.25, -0.2) is 0 Å². The molecule has 2 unspecified atom stereocenters. The van der Waals surface area contributed by atoms with Crippen LogP contribution in [0.5, 0.6) is 0 Å². The first-order valence-corrected chi connectivity index (χ1v) is 7.76. The second kappa shape index (κ2) is 5.11. The highest BCUT2D eigenvalue weighted by molar-refractivity contribution is 5.01. The third-order valence-corrected chi connectivity index (χ3v) is 4.65. The Hall–Kier alpha value is -0.940. The molecule has 2 fully saturated rings. The van der Waals surface area contributed by atoms with Crippen LogP contribution in [0.1, 0.15) is 39.3 Å². The van der Waals surface area contributed by atoms with E-state index in [1.54, 1.807) is 4.68 Å². The van der Waals surface area contributed by atoms with E-state index in [0.29, 0.717) is 12.1 Å². The zero-order valence-corrected chi connectivity index (χ0v) is 13.1. The molecule has 1 aromatic rings. The van der Waals surface area contributed by atoms with Gasteiger partial charge in [0.05, 0.1) is 5.69 Å². The van der Waals surface area contributed by atoms with Crippen molar-refractivity contribution in [2.75, 3.05) is 13.1 Å². The van der Waals surface area contributed by atoms with Crippen LogP contribution in [0.15, 0.2) is 6.20 Å². The summed E-state index contributed by atoms with van der Waals surface area (Å²) in [6, 6.07) is 1.23. The van der Waals surface area contributed by atoms with Gasteiger partial charge in [0.25, 0.3) is 0 Å². The standard InChI is InChI=1S/C15H27N5/c1-15(2,3)14-7-16-13(11-5-6-11)10-20(14)9-12-8-19(4)18-17-12/h8,11,13-14,16H,5-7,9-10H2,1-4H3. The minimum absolute atomic E-state index is 0.281. The van der Waals surface area contributed by atoms with Crippen LogP contribution in [-0.4, -0.2) is 45.1 Å². The van der Waals surface area contributed by atoms with E-state index in [0.717, 1.165) is 31.2 Å². The third-order valence-electron chi connectivity index (χ3n) is 4.65. The molecule has 1 saturated heterocycles. The molecular formula is C15H27N5. The third kappa shape index (κ3) is 3.04. The fourth-order valence-corrected chi connectivity index (χ4v) is 3.36. The van der Waals surface area contributed by atoms with E-state index in [1.807, 2.05) is 13.2 Å². The van der Waals surface area contributed by atoms with E-state index in [-0.39, 0.29) is 5.41 Å². The molecular weight excluding hydrogens is 250 g/mol. The Kier molecular flexibility index (Phi) is 3.58. The molecule has 2 atom stereocenters. The van der Waals surface area contributed by atoms with Gasteiger partial charge in [0, 0.05) is 45.0 Å². The second-order valence-electron chi connectivity index (χ2n) is 7.55. The number of hydrogen-bond acceptors (Lipinski definition) is 4. The van der Waals surface area contributed by atoms with Crippen molar-refractivity contribution < 1.29 is 0 Å². The molecule has 2 aliphatic rings. The lowest BCUT2D eigenvalue weighted by atomic mass is 9.83. The molecule has 20 heavy (non-hydrogen) atoms. The Morgan fingerprint density at radius 1 is 1.35 bits per heavy atom. The number of aryl methyl sites for hydroxylation is 1. The van der Waals surface area contributed by atoms with Crippen molar-refractivity contribution >= 4 is 0 Å². The summed E-state index contributed by atoms with van der Waals surface area (Å²) in [5.41, 5.74) is 1.36. The summed E-state index contributed by atoms with van der Waals surface area (Å²) in [6.07, 6.45) is 4.83. The van der Waals surface area contributed by atoms with E-state index in [4.69, 9.17) is 0 Å². The summed E-state index contributed by atoms with van der Waals surface area (Å²) in [5.74, 6) is 0.903. The quantitative estimate of drug-likeness (QED) is 0.907. The van der Waals surface area contributed by atoms with Crippen LogP contribution in [0.25, 0.3) is 0 Å². The number of hydrogen-bond donors (Lipinski definition) is 1. The van der Waals surface area contributed by atoms with E-state index < -0.39 is 0 Å². The number of rotatable bonds is 3. The summed E-state index contributed by atoms with van der Waals surface area (Å²) in [5, 5.41) is 12.1. The van der Waals surface area contributed by atoms with Crippen LogP contribution in [0.3, 0.4) is 0 Å². The smallest absolute Gasteiger partial charge is 0.0967 e. The average Bonchev–Trinajstić information content (AvgIpc) is 3.13. The highest BCUT2D eigenvalue weighted by Crippen LogP contribution is 2.36. The van der Waals surface area contributed by atoms with Gasteiger partial charge >= 0.3 is 0 Å². The summed E-state index contributed by atoms with van der Waals surface area (Å²) in [6.45, 7) is 10.1. The minimum Gasteiger partial charge on any atom is -0.311 e. The second-order valence-corrected chi connectivity index (χ2v) is 7.55. The highest BCUT2D eigenvalue weighted by atomic mass is 15.4. The first-order valence-electron chi connectivity index (χ1n) is 7.76. The van der Waals surface area contributed by atoms with Crippen molar-refractivity contribution in [3.63, 3.8) is 0 Å². The molecule has 5 nitrogen and oxygen atoms in total. The monoisotopic (exact) mass is 277 g/mol. The maximum Gasteiger partial charge on any atom is 0.0967 e. The SMILES string of the molecule is Cn1cc(CN2CC(C3CC3)NCC2C(C)(C)C)nn1. The average molecular weight is 277 g/mol. The van der Waals surface area contributed by atoms with Gasteiger partial charge in [-0.2, -0.15) is 0 Å². The molecule has 3 rings (SSSR count). The van der Waals surface area contributed by atoms with Crippen LogP contribution in [0, 0.1) is 11.3 Å². The molecule has 0 radical (unpaired) electrons. The van der Waals surface area contributed by atoms with Gasteiger partial charge < -0.3 is 5.32 Å². The Balaban J connectivity index is 1.73. The van der Waals surface area contributed by atoms with Gasteiger partial charge in [-0.3, -0.25) is 9.58 Å². The van der Waals surface area contributed by atoms with Crippen LogP contribution in [-0.2, 0) is 13.6 Å². The Bertz CT molecular complexity index is 457. The molecule has 1 aliphatic heterocycles.